The summed E-state index contributed by atoms with van der Waals surface area (Å²) in [5.74, 6) is -0.988. The predicted octanol–water partition coefficient (Wildman–Crippen LogP) is 0.709. The molecule has 0 radical (unpaired) electrons. The molecule has 0 saturated carbocycles. The minimum atomic E-state index is -0.650. The van der Waals surface area contributed by atoms with E-state index in [1.165, 1.54) is 4.90 Å². The van der Waals surface area contributed by atoms with Crippen LogP contribution in [0.1, 0.15) is 40.7 Å². The van der Waals surface area contributed by atoms with Gasteiger partial charge < -0.3 is 4.90 Å². The normalized spacial score (nSPS) is 21.6. The first-order valence-electron chi connectivity index (χ1n) is 6.78. The number of benzene rings is 1. The highest BCUT2D eigenvalue weighted by Crippen LogP contribution is 2.29. The molecule has 2 aliphatic heterocycles. The van der Waals surface area contributed by atoms with Crippen LogP contribution < -0.4 is 5.32 Å². The van der Waals surface area contributed by atoms with E-state index in [1.807, 2.05) is 0 Å². The van der Waals surface area contributed by atoms with Gasteiger partial charge in [0, 0.05) is 24.1 Å². The standard InChI is InChI=1S/C15H13N3O3/c16-7-9-3-1-4-10-11(9)8-18(15(10)21)12-5-2-6-13(19)17-14(12)20/h1,3-4,12H,2,5-6,8H2,(H,17,19,20). The Labute approximate surface area is 121 Å². The van der Waals surface area contributed by atoms with Crippen molar-refractivity contribution in [3.8, 4) is 6.07 Å². The van der Waals surface area contributed by atoms with Crippen molar-refractivity contribution >= 4 is 17.7 Å². The van der Waals surface area contributed by atoms with Gasteiger partial charge in [-0.1, -0.05) is 6.07 Å². The lowest BCUT2D eigenvalue weighted by Crippen LogP contribution is -2.46. The molecule has 106 valence electrons. The van der Waals surface area contributed by atoms with E-state index in [-0.39, 0.29) is 18.4 Å². The number of fused-ring (bicyclic) bond motifs is 1. The van der Waals surface area contributed by atoms with E-state index in [9.17, 15) is 14.4 Å². The highest BCUT2D eigenvalue weighted by molar-refractivity contribution is 6.04. The number of nitrogens with zero attached hydrogens (tertiary/aromatic N) is 2. The molecule has 0 bridgehead atoms. The Kier molecular flexibility index (Phi) is 3.18. The average molecular weight is 283 g/mol. The smallest absolute Gasteiger partial charge is 0.255 e. The summed E-state index contributed by atoms with van der Waals surface area (Å²) in [6.07, 6.45) is 1.31. The highest BCUT2D eigenvalue weighted by atomic mass is 16.2. The molecule has 1 unspecified atom stereocenters. The minimum Gasteiger partial charge on any atom is -0.322 e. The third-order valence-corrected chi connectivity index (χ3v) is 3.94. The van der Waals surface area contributed by atoms with E-state index < -0.39 is 11.9 Å². The highest BCUT2D eigenvalue weighted by Gasteiger charge is 2.38. The summed E-state index contributed by atoms with van der Waals surface area (Å²) in [4.78, 5) is 37.4. The molecule has 1 atom stereocenters. The quantitative estimate of drug-likeness (QED) is 0.768. The second-order valence-electron chi connectivity index (χ2n) is 5.20. The molecular formula is C15H13N3O3. The van der Waals surface area contributed by atoms with Crippen LogP contribution in [-0.2, 0) is 16.1 Å². The largest absolute Gasteiger partial charge is 0.322 e. The van der Waals surface area contributed by atoms with Crippen molar-refractivity contribution in [2.45, 2.75) is 31.8 Å². The summed E-state index contributed by atoms with van der Waals surface area (Å²) >= 11 is 0. The molecule has 6 heteroatoms. The fourth-order valence-corrected chi connectivity index (χ4v) is 2.88. The fourth-order valence-electron chi connectivity index (χ4n) is 2.88. The van der Waals surface area contributed by atoms with Gasteiger partial charge in [0.05, 0.1) is 11.6 Å². The zero-order chi connectivity index (χ0) is 15.0. The van der Waals surface area contributed by atoms with E-state index in [0.29, 0.717) is 36.0 Å². The van der Waals surface area contributed by atoms with Crippen LogP contribution in [0.5, 0.6) is 0 Å². The second-order valence-corrected chi connectivity index (χ2v) is 5.20. The minimum absolute atomic E-state index is 0.240. The Balaban J connectivity index is 1.92. The number of imide groups is 1. The Morgan fingerprint density at radius 3 is 2.86 bits per heavy atom. The Bertz CT molecular complexity index is 690. The first kappa shape index (κ1) is 13.3. The topological polar surface area (TPSA) is 90.3 Å². The monoisotopic (exact) mass is 283 g/mol. The van der Waals surface area contributed by atoms with Crippen LogP contribution in [0.3, 0.4) is 0 Å². The zero-order valence-corrected chi connectivity index (χ0v) is 11.3. The van der Waals surface area contributed by atoms with E-state index in [1.54, 1.807) is 18.2 Å². The van der Waals surface area contributed by atoms with Crippen molar-refractivity contribution in [1.82, 2.24) is 10.2 Å². The Morgan fingerprint density at radius 1 is 1.29 bits per heavy atom. The summed E-state index contributed by atoms with van der Waals surface area (Å²) in [7, 11) is 0. The Hall–Kier alpha value is -2.68. The number of hydrogen-bond acceptors (Lipinski definition) is 4. The van der Waals surface area contributed by atoms with Gasteiger partial charge in [-0.3, -0.25) is 19.7 Å². The predicted molar refractivity (Wildman–Crippen MR) is 71.8 cm³/mol. The van der Waals surface area contributed by atoms with Crippen LogP contribution in [0.25, 0.3) is 0 Å². The van der Waals surface area contributed by atoms with E-state index in [4.69, 9.17) is 5.26 Å². The van der Waals surface area contributed by atoms with Gasteiger partial charge in [-0.15, -0.1) is 0 Å². The molecular weight excluding hydrogens is 270 g/mol. The van der Waals surface area contributed by atoms with Crippen molar-refractivity contribution in [2.75, 3.05) is 0 Å². The second kappa shape index (κ2) is 5.02. The molecule has 1 aromatic carbocycles. The summed E-state index contributed by atoms with van der Waals surface area (Å²) in [6, 6.07) is 6.40. The van der Waals surface area contributed by atoms with E-state index >= 15 is 0 Å². The lowest BCUT2D eigenvalue weighted by atomic mass is 10.0. The van der Waals surface area contributed by atoms with Crippen LogP contribution in [0.15, 0.2) is 18.2 Å². The number of nitriles is 1. The fraction of sp³-hybridized carbons (Fsp3) is 0.333. The van der Waals surface area contributed by atoms with Crippen LogP contribution in [-0.4, -0.2) is 28.7 Å². The maximum absolute atomic E-state index is 12.5. The third kappa shape index (κ3) is 2.17. The van der Waals surface area contributed by atoms with Gasteiger partial charge in [0.2, 0.25) is 11.8 Å². The van der Waals surface area contributed by atoms with Crippen LogP contribution >= 0.6 is 0 Å². The van der Waals surface area contributed by atoms with E-state index in [2.05, 4.69) is 11.4 Å². The van der Waals surface area contributed by atoms with Crippen molar-refractivity contribution in [3.63, 3.8) is 0 Å². The first-order valence-corrected chi connectivity index (χ1v) is 6.78. The van der Waals surface area contributed by atoms with Gasteiger partial charge in [-0.25, -0.2) is 0 Å². The number of hydrogen-bond donors (Lipinski definition) is 1. The first-order chi connectivity index (χ1) is 10.1. The molecule has 0 aromatic heterocycles. The lowest BCUT2D eigenvalue weighted by molar-refractivity contribution is -0.132. The molecule has 1 fully saturated rings. The molecule has 3 rings (SSSR count). The SMILES string of the molecule is N#Cc1cccc2c1CN(C1CCCC(=O)NC1=O)C2=O. The van der Waals surface area contributed by atoms with Gasteiger partial charge in [-0.05, 0) is 25.0 Å². The number of carbonyl (C=O) groups excluding carboxylic acids is 3. The molecule has 21 heavy (non-hydrogen) atoms. The van der Waals surface area contributed by atoms with Crippen molar-refractivity contribution in [1.29, 1.82) is 5.26 Å². The molecule has 2 aliphatic rings. The van der Waals surface area contributed by atoms with Gasteiger partial charge >= 0.3 is 0 Å². The average Bonchev–Trinajstić information content (AvgIpc) is 2.70. The van der Waals surface area contributed by atoms with Gasteiger partial charge in [0.15, 0.2) is 0 Å². The number of carbonyl (C=O) groups is 3. The molecule has 1 N–H and O–H groups in total. The van der Waals surface area contributed by atoms with Crippen LogP contribution in [0.4, 0.5) is 0 Å². The van der Waals surface area contributed by atoms with E-state index in [0.717, 1.165) is 0 Å². The number of rotatable bonds is 1. The van der Waals surface area contributed by atoms with Gasteiger partial charge in [0.1, 0.15) is 6.04 Å². The molecule has 6 nitrogen and oxygen atoms in total. The number of nitrogens with one attached hydrogen (secondary N) is 1. The molecule has 3 amide bonds. The van der Waals surface area contributed by atoms with Gasteiger partial charge in [-0.2, -0.15) is 5.26 Å². The van der Waals surface area contributed by atoms with Gasteiger partial charge in [0.25, 0.3) is 5.91 Å². The molecule has 0 aliphatic carbocycles. The number of amides is 3. The summed E-state index contributed by atoms with van der Waals surface area (Å²) in [5, 5.41) is 11.4. The molecule has 1 saturated heterocycles. The maximum atomic E-state index is 12.5. The maximum Gasteiger partial charge on any atom is 0.255 e. The van der Waals surface area contributed by atoms with Crippen molar-refractivity contribution < 1.29 is 14.4 Å². The van der Waals surface area contributed by atoms with Crippen molar-refractivity contribution in [2.24, 2.45) is 0 Å². The molecule has 1 aromatic rings. The molecule has 0 spiro atoms. The third-order valence-electron chi connectivity index (χ3n) is 3.94. The lowest BCUT2D eigenvalue weighted by Gasteiger charge is -2.24. The summed E-state index contributed by atoms with van der Waals surface area (Å²) in [6.45, 7) is 0.240. The molecule has 2 heterocycles. The van der Waals surface area contributed by atoms with Crippen LogP contribution in [0.2, 0.25) is 0 Å². The summed E-state index contributed by atoms with van der Waals surface area (Å²) < 4.78 is 0. The Morgan fingerprint density at radius 2 is 2.10 bits per heavy atom. The van der Waals surface area contributed by atoms with Crippen molar-refractivity contribution in [3.05, 3.63) is 34.9 Å². The zero-order valence-electron chi connectivity index (χ0n) is 11.3. The summed E-state index contributed by atoms with van der Waals surface area (Å²) in [5.41, 5.74) is 1.58. The van der Waals surface area contributed by atoms with Crippen LogP contribution in [0, 0.1) is 11.3 Å².